The molecule has 5 heteroatoms. The van der Waals surface area contributed by atoms with E-state index in [2.05, 4.69) is 28.3 Å². The van der Waals surface area contributed by atoms with Crippen LogP contribution < -0.4 is 11.3 Å². The van der Waals surface area contributed by atoms with Gasteiger partial charge in [0.25, 0.3) is 0 Å². The maximum Gasteiger partial charge on any atom is 0.0556 e. The van der Waals surface area contributed by atoms with E-state index in [0.29, 0.717) is 6.04 Å². The zero-order valence-corrected chi connectivity index (χ0v) is 13.2. The summed E-state index contributed by atoms with van der Waals surface area (Å²) in [6, 6.07) is 4.86. The van der Waals surface area contributed by atoms with Crippen LogP contribution in [0.3, 0.4) is 0 Å². The fourth-order valence-corrected chi connectivity index (χ4v) is 5.57. The Hall–Kier alpha value is -0.330. The van der Waals surface area contributed by atoms with Crippen LogP contribution in [-0.4, -0.2) is 5.75 Å². The summed E-state index contributed by atoms with van der Waals surface area (Å²) in [6.45, 7) is 0. The molecule has 2 aromatic heterocycles. The van der Waals surface area contributed by atoms with Gasteiger partial charge >= 0.3 is 0 Å². The quantitative estimate of drug-likeness (QED) is 0.653. The topological polar surface area (TPSA) is 38.0 Å². The second kappa shape index (κ2) is 6.41. The van der Waals surface area contributed by atoms with Crippen LogP contribution in [-0.2, 0) is 18.6 Å². The molecule has 0 bridgehead atoms. The molecule has 0 amide bonds. The molecule has 0 fully saturated rings. The number of thioether (sulfide) groups is 1. The summed E-state index contributed by atoms with van der Waals surface area (Å²) in [6.07, 6.45) is 3.39. The molecule has 1 aliphatic rings. The largest absolute Gasteiger partial charge is 0.271 e. The number of nitrogens with two attached hydrogens (primary N) is 1. The van der Waals surface area contributed by atoms with Crippen molar-refractivity contribution >= 4 is 34.4 Å². The minimum absolute atomic E-state index is 0.292. The van der Waals surface area contributed by atoms with Crippen LogP contribution >= 0.6 is 34.4 Å². The Labute approximate surface area is 126 Å². The fourth-order valence-electron chi connectivity index (χ4n) is 2.40. The third-order valence-corrected chi connectivity index (χ3v) is 6.58. The van der Waals surface area contributed by atoms with Crippen molar-refractivity contribution in [2.24, 2.45) is 5.84 Å². The molecule has 2 nitrogen and oxygen atoms in total. The van der Waals surface area contributed by atoms with Gasteiger partial charge in [-0.25, -0.2) is 0 Å². The first-order valence-corrected chi connectivity index (χ1v) is 9.44. The minimum atomic E-state index is 0.292. The molecule has 0 aliphatic carbocycles. The normalized spacial score (nSPS) is 16.3. The van der Waals surface area contributed by atoms with E-state index in [9.17, 15) is 0 Å². The summed E-state index contributed by atoms with van der Waals surface area (Å²) in [4.78, 5) is 2.98. The average Bonchev–Trinajstić information content (AvgIpc) is 3.08. The molecule has 1 atom stereocenters. The van der Waals surface area contributed by atoms with Crippen molar-refractivity contribution in [3.63, 3.8) is 0 Å². The lowest BCUT2D eigenvalue weighted by atomic mass is 10.1. The van der Waals surface area contributed by atoms with Crippen molar-refractivity contribution in [2.45, 2.75) is 31.1 Å². The van der Waals surface area contributed by atoms with E-state index in [1.165, 1.54) is 33.9 Å². The molecule has 0 radical (unpaired) electrons. The molecule has 0 saturated heterocycles. The Bertz CT molecular complexity index is 495. The van der Waals surface area contributed by atoms with E-state index in [4.69, 9.17) is 5.84 Å². The first-order valence-electron chi connectivity index (χ1n) is 6.53. The van der Waals surface area contributed by atoms with E-state index < -0.39 is 0 Å². The van der Waals surface area contributed by atoms with Crippen LogP contribution in [0.2, 0.25) is 0 Å². The average molecular weight is 311 g/mol. The molecule has 1 aliphatic heterocycles. The van der Waals surface area contributed by atoms with Gasteiger partial charge in [0, 0.05) is 15.5 Å². The maximum absolute atomic E-state index is 5.76. The molecule has 0 spiro atoms. The highest BCUT2D eigenvalue weighted by atomic mass is 32.2. The summed E-state index contributed by atoms with van der Waals surface area (Å²) < 4.78 is 0. The SMILES string of the molecule is NNC(CCc1ccsc1)c1cc2c(s1)CCSC2. The van der Waals surface area contributed by atoms with Gasteiger partial charge in [0.2, 0.25) is 0 Å². The van der Waals surface area contributed by atoms with Crippen molar-refractivity contribution in [3.8, 4) is 0 Å². The van der Waals surface area contributed by atoms with Crippen molar-refractivity contribution < 1.29 is 0 Å². The molecule has 102 valence electrons. The summed E-state index contributed by atoms with van der Waals surface area (Å²) in [7, 11) is 0. The summed E-state index contributed by atoms with van der Waals surface area (Å²) in [5, 5.41) is 4.37. The second-order valence-electron chi connectivity index (χ2n) is 4.79. The van der Waals surface area contributed by atoms with Crippen LogP contribution in [0.1, 0.15) is 33.3 Å². The van der Waals surface area contributed by atoms with E-state index in [1.807, 2.05) is 23.1 Å². The van der Waals surface area contributed by atoms with Crippen molar-refractivity contribution in [1.82, 2.24) is 5.43 Å². The predicted molar refractivity (Wildman–Crippen MR) is 86.9 cm³/mol. The number of hydrazine groups is 1. The third-order valence-electron chi connectivity index (χ3n) is 3.49. The van der Waals surface area contributed by atoms with Gasteiger partial charge in [-0.2, -0.15) is 23.1 Å². The fraction of sp³-hybridized carbons (Fsp3) is 0.429. The molecule has 3 rings (SSSR count). The summed E-state index contributed by atoms with van der Waals surface area (Å²) in [5.41, 5.74) is 5.95. The number of hydrogen-bond donors (Lipinski definition) is 2. The van der Waals surface area contributed by atoms with Crippen LogP contribution in [0.15, 0.2) is 22.9 Å². The van der Waals surface area contributed by atoms with Gasteiger partial charge in [-0.3, -0.25) is 11.3 Å². The Balaban J connectivity index is 1.69. The molecule has 3 N–H and O–H groups in total. The standard InChI is InChI=1S/C14H18N2S3/c15-16-12(2-1-10-3-5-17-8-10)14-7-11-9-18-6-4-13(11)19-14/h3,5,7-8,12,16H,1-2,4,6,9,15H2. The van der Waals surface area contributed by atoms with Gasteiger partial charge in [-0.15, -0.1) is 11.3 Å². The first kappa shape index (κ1) is 13.6. The number of nitrogens with one attached hydrogen (secondary N) is 1. The highest BCUT2D eigenvalue weighted by Gasteiger charge is 2.18. The van der Waals surface area contributed by atoms with Crippen molar-refractivity contribution in [1.29, 1.82) is 0 Å². The van der Waals surface area contributed by atoms with Crippen LogP contribution in [0.4, 0.5) is 0 Å². The Morgan fingerprint density at radius 2 is 2.37 bits per heavy atom. The van der Waals surface area contributed by atoms with Gasteiger partial charge in [-0.1, -0.05) is 0 Å². The lowest BCUT2D eigenvalue weighted by Gasteiger charge is -2.13. The van der Waals surface area contributed by atoms with Crippen LogP contribution in [0.25, 0.3) is 0 Å². The summed E-state index contributed by atoms with van der Waals surface area (Å²) >= 11 is 5.75. The predicted octanol–water partition coefficient (Wildman–Crippen LogP) is 3.74. The highest BCUT2D eigenvalue weighted by molar-refractivity contribution is 7.98. The van der Waals surface area contributed by atoms with Crippen molar-refractivity contribution in [2.75, 3.05) is 5.75 Å². The molecule has 2 aromatic rings. The zero-order valence-electron chi connectivity index (χ0n) is 10.7. The van der Waals surface area contributed by atoms with Gasteiger partial charge in [0.15, 0.2) is 0 Å². The lowest BCUT2D eigenvalue weighted by molar-refractivity contribution is 0.524. The lowest BCUT2D eigenvalue weighted by Crippen LogP contribution is -2.27. The smallest absolute Gasteiger partial charge is 0.0556 e. The molecular formula is C14H18N2S3. The van der Waals surface area contributed by atoms with E-state index >= 15 is 0 Å². The Kier molecular flexibility index (Phi) is 4.61. The van der Waals surface area contributed by atoms with E-state index in [0.717, 1.165) is 12.8 Å². The van der Waals surface area contributed by atoms with Gasteiger partial charge < -0.3 is 0 Å². The zero-order chi connectivity index (χ0) is 13.1. The minimum Gasteiger partial charge on any atom is -0.271 e. The number of rotatable bonds is 5. The second-order valence-corrected chi connectivity index (χ2v) is 7.84. The Morgan fingerprint density at radius 3 is 3.11 bits per heavy atom. The van der Waals surface area contributed by atoms with Crippen LogP contribution in [0, 0.1) is 0 Å². The number of fused-ring (bicyclic) bond motifs is 1. The monoisotopic (exact) mass is 310 g/mol. The molecule has 1 unspecified atom stereocenters. The van der Waals surface area contributed by atoms with E-state index in [-0.39, 0.29) is 0 Å². The van der Waals surface area contributed by atoms with Gasteiger partial charge in [0.05, 0.1) is 6.04 Å². The molecule has 0 saturated carbocycles. The number of aryl methyl sites for hydroxylation is 2. The van der Waals surface area contributed by atoms with Crippen LogP contribution in [0.5, 0.6) is 0 Å². The van der Waals surface area contributed by atoms with E-state index in [1.54, 1.807) is 16.2 Å². The third kappa shape index (κ3) is 3.23. The number of hydrogen-bond acceptors (Lipinski definition) is 5. The first-order chi connectivity index (χ1) is 9.36. The summed E-state index contributed by atoms with van der Waals surface area (Å²) in [5.74, 6) is 8.20. The highest BCUT2D eigenvalue weighted by Crippen LogP contribution is 2.35. The number of thiophene rings is 2. The maximum atomic E-state index is 5.76. The molecular weight excluding hydrogens is 292 g/mol. The Morgan fingerprint density at radius 1 is 1.42 bits per heavy atom. The van der Waals surface area contributed by atoms with Gasteiger partial charge in [0.1, 0.15) is 0 Å². The van der Waals surface area contributed by atoms with Gasteiger partial charge in [-0.05, 0) is 59.0 Å². The molecule has 3 heterocycles. The molecule has 0 aromatic carbocycles. The van der Waals surface area contributed by atoms with Crippen molar-refractivity contribution in [3.05, 3.63) is 43.8 Å². The molecule has 19 heavy (non-hydrogen) atoms.